The van der Waals surface area contributed by atoms with Gasteiger partial charge in [0.1, 0.15) is 0 Å². The molecule has 1 aliphatic rings. The number of halogens is 1. The summed E-state index contributed by atoms with van der Waals surface area (Å²) in [7, 11) is 0. The first-order valence-electron chi connectivity index (χ1n) is 8.55. The van der Waals surface area contributed by atoms with Crippen LogP contribution in [-0.2, 0) is 9.59 Å². The minimum absolute atomic E-state index is 0. The van der Waals surface area contributed by atoms with Crippen LogP contribution in [0.3, 0.4) is 0 Å². The molecule has 1 aliphatic carbocycles. The normalized spacial score (nSPS) is 25.7. The molecule has 1 rings (SSSR count). The van der Waals surface area contributed by atoms with E-state index >= 15 is 0 Å². The largest absolute Gasteiger partial charge is 0.352 e. The number of nitrogens with two attached hydrogens (primary N) is 1. The quantitative estimate of drug-likeness (QED) is 0.687. The number of amides is 2. The molecule has 0 aromatic carbocycles. The van der Waals surface area contributed by atoms with Gasteiger partial charge in [0.2, 0.25) is 11.8 Å². The van der Waals surface area contributed by atoms with E-state index in [0.29, 0.717) is 17.8 Å². The van der Waals surface area contributed by atoms with Crippen molar-refractivity contribution in [2.45, 2.75) is 66.0 Å². The zero-order valence-corrected chi connectivity index (χ0v) is 15.9. The number of nitrogens with one attached hydrogen (secondary N) is 2. The van der Waals surface area contributed by atoms with E-state index in [0.717, 1.165) is 12.8 Å². The molecule has 0 radical (unpaired) electrons. The highest BCUT2D eigenvalue weighted by atomic mass is 35.5. The summed E-state index contributed by atoms with van der Waals surface area (Å²) in [5, 5.41) is 5.74. The van der Waals surface area contributed by atoms with Crippen LogP contribution in [0.25, 0.3) is 0 Å². The van der Waals surface area contributed by atoms with E-state index in [2.05, 4.69) is 31.4 Å². The van der Waals surface area contributed by atoms with E-state index in [1.54, 1.807) is 0 Å². The fourth-order valence-electron chi connectivity index (χ4n) is 3.21. The molecule has 23 heavy (non-hydrogen) atoms. The Hall–Kier alpha value is -0.810. The molecule has 2 amide bonds. The minimum Gasteiger partial charge on any atom is -0.352 e. The van der Waals surface area contributed by atoms with Crippen LogP contribution in [0.15, 0.2) is 0 Å². The van der Waals surface area contributed by atoms with Crippen LogP contribution in [0.5, 0.6) is 0 Å². The second-order valence-electron chi connectivity index (χ2n) is 7.49. The van der Waals surface area contributed by atoms with E-state index in [1.165, 1.54) is 6.42 Å². The molecule has 0 spiro atoms. The number of hydrogen-bond donors (Lipinski definition) is 3. The Balaban J connectivity index is 0.00000484. The highest BCUT2D eigenvalue weighted by Crippen LogP contribution is 2.33. The molecule has 0 bridgehead atoms. The van der Waals surface area contributed by atoms with Crippen LogP contribution in [0.4, 0.5) is 0 Å². The molecule has 0 heterocycles. The monoisotopic (exact) mass is 347 g/mol. The SMILES string of the molecule is CC1CCC(C(C)C)C(NC(=O)CNC(=O)[C@@H](N)C(C)C)C1.Cl. The fourth-order valence-corrected chi connectivity index (χ4v) is 3.21. The van der Waals surface area contributed by atoms with Crippen LogP contribution in [0.1, 0.15) is 53.9 Å². The van der Waals surface area contributed by atoms with Gasteiger partial charge in [-0.1, -0.05) is 41.0 Å². The van der Waals surface area contributed by atoms with E-state index in [1.807, 2.05) is 13.8 Å². The maximum atomic E-state index is 12.1. The van der Waals surface area contributed by atoms with Crippen LogP contribution in [-0.4, -0.2) is 30.4 Å². The lowest BCUT2D eigenvalue weighted by molar-refractivity contribution is -0.128. The van der Waals surface area contributed by atoms with Gasteiger partial charge in [0.15, 0.2) is 0 Å². The maximum absolute atomic E-state index is 12.1. The Bertz CT molecular complexity index is 388. The third kappa shape index (κ3) is 7.08. The molecule has 0 aromatic rings. The molecule has 0 aliphatic heterocycles. The summed E-state index contributed by atoms with van der Waals surface area (Å²) in [6.07, 6.45) is 3.41. The van der Waals surface area contributed by atoms with Crippen molar-refractivity contribution in [2.24, 2.45) is 29.4 Å². The Morgan fingerprint density at radius 1 is 1.17 bits per heavy atom. The summed E-state index contributed by atoms with van der Waals surface area (Å²) in [6, 6.07) is -0.349. The van der Waals surface area contributed by atoms with Crippen molar-refractivity contribution >= 4 is 24.2 Å². The molecule has 0 aromatic heterocycles. The first-order chi connectivity index (χ1) is 10.2. The van der Waals surface area contributed by atoms with Crippen LogP contribution in [0.2, 0.25) is 0 Å². The lowest BCUT2D eigenvalue weighted by Crippen LogP contribution is -2.51. The van der Waals surface area contributed by atoms with E-state index in [-0.39, 0.29) is 42.7 Å². The molecule has 4 atom stereocenters. The van der Waals surface area contributed by atoms with Crippen molar-refractivity contribution < 1.29 is 9.59 Å². The number of rotatable bonds is 6. The highest BCUT2D eigenvalue weighted by Gasteiger charge is 2.31. The lowest BCUT2D eigenvalue weighted by Gasteiger charge is -2.37. The van der Waals surface area contributed by atoms with Gasteiger partial charge in [-0.25, -0.2) is 0 Å². The van der Waals surface area contributed by atoms with Gasteiger partial charge >= 0.3 is 0 Å². The number of hydrogen-bond acceptors (Lipinski definition) is 3. The molecule has 5 nitrogen and oxygen atoms in total. The molecular weight excluding hydrogens is 314 g/mol. The van der Waals surface area contributed by atoms with Gasteiger partial charge < -0.3 is 16.4 Å². The predicted molar refractivity (Wildman–Crippen MR) is 96.3 cm³/mol. The first-order valence-corrected chi connectivity index (χ1v) is 8.55. The van der Waals surface area contributed by atoms with E-state index in [9.17, 15) is 9.59 Å². The fraction of sp³-hybridized carbons (Fsp3) is 0.882. The Kier molecular flexibility index (Phi) is 9.78. The van der Waals surface area contributed by atoms with Crippen molar-refractivity contribution in [1.82, 2.24) is 10.6 Å². The second-order valence-corrected chi connectivity index (χ2v) is 7.49. The van der Waals surface area contributed by atoms with Gasteiger partial charge in [-0.05, 0) is 36.5 Å². The summed E-state index contributed by atoms with van der Waals surface area (Å²) in [5.41, 5.74) is 5.77. The molecule has 1 fully saturated rings. The number of carbonyl (C=O) groups excluding carboxylic acids is 2. The molecule has 1 saturated carbocycles. The molecule has 4 N–H and O–H groups in total. The highest BCUT2D eigenvalue weighted by molar-refractivity contribution is 5.87. The minimum atomic E-state index is -0.564. The smallest absolute Gasteiger partial charge is 0.239 e. The first kappa shape index (κ1) is 22.2. The Labute approximate surface area is 146 Å². The van der Waals surface area contributed by atoms with Gasteiger partial charge in [0.25, 0.3) is 0 Å². The second kappa shape index (κ2) is 10.1. The third-order valence-electron chi connectivity index (χ3n) is 4.81. The average molecular weight is 348 g/mol. The zero-order valence-electron chi connectivity index (χ0n) is 15.1. The predicted octanol–water partition coefficient (Wildman–Crippen LogP) is 2.08. The van der Waals surface area contributed by atoms with Gasteiger partial charge in [0.05, 0.1) is 12.6 Å². The van der Waals surface area contributed by atoms with Crippen molar-refractivity contribution in [3.8, 4) is 0 Å². The Morgan fingerprint density at radius 2 is 1.78 bits per heavy atom. The standard InChI is InChI=1S/C17H33N3O2.ClH/c1-10(2)13-7-6-12(5)8-14(13)20-15(21)9-19-17(22)16(18)11(3)4;/h10-14,16H,6-9,18H2,1-5H3,(H,19,22)(H,20,21);1H/t12?,13?,14?,16-;/m0./s1. The molecular formula is C17H34ClN3O2. The van der Waals surface area contributed by atoms with Gasteiger partial charge in [-0.2, -0.15) is 0 Å². The van der Waals surface area contributed by atoms with E-state index < -0.39 is 6.04 Å². The summed E-state index contributed by atoms with van der Waals surface area (Å²) < 4.78 is 0. The molecule has 6 heteroatoms. The molecule has 3 unspecified atom stereocenters. The third-order valence-corrected chi connectivity index (χ3v) is 4.81. The topological polar surface area (TPSA) is 84.2 Å². The Morgan fingerprint density at radius 3 is 2.30 bits per heavy atom. The number of carbonyl (C=O) groups is 2. The van der Waals surface area contributed by atoms with Crippen molar-refractivity contribution in [1.29, 1.82) is 0 Å². The summed E-state index contributed by atoms with van der Waals surface area (Å²) in [6.45, 7) is 10.4. The van der Waals surface area contributed by atoms with Crippen LogP contribution in [0, 0.1) is 23.7 Å². The van der Waals surface area contributed by atoms with Gasteiger partial charge in [0, 0.05) is 6.04 Å². The summed E-state index contributed by atoms with van der Waals surface area (Å²) in [5.74, 6) is 1.41. The maximum Gasteiger partial charge on any atom is 0.239 e. The zero-order chi connectivity index (χ0) is 16.9. The van der Waals surface area contributed by atoms with E-state index in [4.69, 9.17) is 5.73 Å². The summed E-state index contributed by atoms with van der Waals surface area (Å²) in [4.78, 5) is 23.9. The molecule has 136 valence electrons. The van der Waals surface area contributed by atoms with Crippen molar-refractivity contribution in [3.05, 3.63) is 0 Å². The van der Waals surface area contributed by atoms with Crippen molar-refractivity contribution in [3.63, 3.8) is 0 Å². The molecule has 0 saturated heterocycles. The van der Waals surface area contributed by atoms with Gasteiger partial charge in [-0.15, -0.1) is 12.4 Å². The average Bonchev–Trinajstić information content (AvgIpc) is 2.43. The lowest BCUT2D eigenvalue weighted by atomic mass is 9.74. The van der Waals surface area contributed by atoms with Crippen LogP contribution < -0.4 is 16.4 Å². The summed E-state index contributed by atoms with van der Waals surface area (Å²) >= 11 is 0. The van der Waals surface area contributed by atoms with Crippen LogP contribution >= 0.6 is 12.4 Å². The van der Waals surface area contributed by atoms with Gasteiger partial charge in [-0.3, -0.25) is 9.59 Å². The van der Waals surface area contributed by atoms with Crippen molar-refractivity contribution in [2.75, 3.05) is 6.54 Å².